The Morgan fingerprint density at radius 1 is 0.970 bits per heavy atom. The lowest BCUT2D eigenvalue weighted by Crippen LogP contribution is -2.44. The molecule has 0 saturated carbocycles. The topological polar surface area (TPSA) is 55.1 Å². The zero-order chi connectivity index (χ0) is 23.1. The first-order chi connectivity index (χ1) is 15.9. The smallest absolute Gasteiger partial charge is 0.253 e. The molecule has 5 nitrogen and oxygen atoms in total. The minimum absolute atomic E-state index is 0.170. The molecule has 0 aliphatic carbocycles. The van der Waals surface area contributed by atoms with E-state index in [9.17, 15) is 14.0 Å². The number of piperazine rings is 1. The second-order valence-corrected chi connectivity index (χ2v) is 8.55. The van der Waals surface area contributed by atoms with Crippen molar-refractivity contribution in [3.8, 4) is 22.4 Å². The van der Waals surface area contributed by atoms with Gasteiger partial charge in [-0.1, -0.05) is 29.3 Å². The first-order valence-electron chi connectivity index (χ1n) is 10.4. The van der Waals surface area contributed by atoms with E-state index in [4.69, 9.17) is 28.2 Å². The first-order valence-corrected chi connectivity index (χ1v) is 11.1. The third kappa shape index (κ3) is 3.97. The molecule has 1 fully saturated rings. The van der Waals surface area contributed by atoms with Crippen molar-refractivity contribution in [2.45, 2.75) is 0 Å². The zero-order valence-corrected chi connectivity index (χ0v) is 18.8. The number of pyridine rings is 2. The van der Waals surface area contributed by atoms with Crippen molar-refractivity contribution in [3.05, 3.63) is 81.6 Å². The summed E-state index contributed by atoms with van der Waals surface area (Å²) >= 11 is 12.9. The molecule has 1 N–H and O–H groups in total. The van der Waals surface area contributed by atoms with Gasteiger partial charge in [0.05, 0.1) is 15.6 Å². The van der Waals surface area contributed by atoms with Gasteiger partial charge in [0.15, 0.2) is 6.20 Å². The van der Waals surface area contributed by atoms with Crippen LogP contribution in [0.1, 0.15) is 0 Å². The van der Waals surface area contributed by atoms with Crippen LogP contribution in [0.4, 0.5) is 14.6 Å². The van der Waals surface area contributed by atoms with Gasteiger partial charge >= 0.3 is 0 Å². The Balaban J connectivity index is 1.87. The Morgan fingerprint density at radius 3 is 2.39 bits per heavy atom. The molecule has 3 heterocycles. The van der Waals surface area contributed by atoms with Gasteiger partial charge in [-0.3, -0.25) is 0 Å². The van der Waals surface area contributed by atoms with E-state index in [1.807, 2.05) is 0 Å². The molecule has 2 aromatic heterocycles. The number of anilines is 1. The van der Waals surface area contributed by atoms with Gasteiger partial charge in [0.25, 0.3) is 5.69 Å². The van der Waals surface area contributed by atoms with Crippen LogP contribution in [-0.4, -0.2) is 31.2 Å². The molecular weight excluding hydrogens is 469 g/mol. The minimum Gasteiger partial charge on any atom is -0.618 e. The second-order valence-electron chi connectivity index (χ2n) is 7.74. The lowest BCUT2D eigenvalue weighted by Gasteiger charge is -2.29. The number of hydrogen-bond donors (Lipinski definition) is 1. The van der Waals surface area contributed by atoms with E-state index in [2.05, 4.69) is 10.2 Å². The first kappa shape index (κ1) is 21.8. The van der Waals surface area contributed by atoms with E-state index in [1.54, 1.807) is 30.3 Å². The fourth-order valence-corrected chi connectivity index (χ4v) is 4.73. The van der Waals surface area contributed by atoms with Crippen LogP contribution in [0.25, 0.3) is 33.3 Å². The predicted molar refractivity (Wildman–Crippen MR) is 127 cm³/mol. The summed E-state index contributed by atoms with van der Waals surface area (Å²) in [5.41, 5.74) is 1.55. The van der Waals surface area contributed by atoms with Crippen LogP contribution < -0.4 is 14.9 Å². The maximum absolute atomic E-state index is 14.9. The second kappa shape index (κ2) is 8.74. The summed E-state index contributed by atoms with van der Waals surface area (Å²) in [4.78, 5) is 6.87. The number of nitrogens with zero attached hydrogens (tertiary/aromatic N) is 3. The van der Waals surface area contributed by atoms with Crippen LogP contribution in [0.2, 0.25) is 10.0 Å². The Morgan fingerprint density at radius 2 is 1.70 bits per heavy atom. The molecule has 2 aromatic carbocycles. The Kier molecular flexibility index (Phi) is 5.78. The van der Waals surface area contributed by atoms with Gasteiger partial charge in [0.1, 0.15) is 23.0 Å². The van der Waals surface area contributed by atoms with Crippen LogP contribution in [-0.2, 0) is 0 Å². The largest absolute Gasteiger partial charge is 0.618 e. The highest BCUT2D eigenvalue weighted by atomic mass is 35.5. The third-order valence-corrected chi connectivity index (χ3v) is 6.36. The van der Waals surface area contributed by atoms with Crippen molar-refractivity contribution < 1.29 is 13.5 Å². The van der Waals surface area contributed by atoms with Gasteiger partial charge in [-0.05, 0) is 35.9 Å². The van der Waals surface area contributed by atoms with Gasteiger partial charge in [-0.2, -0.15) is 4.73 Å². The summed E-state index contributed by atoms with van der Waals surface area (Å²) in [5.74, 6) is -0.791. The van der Waals surface area contributed by atoms with Gasteiger partial charge in [-0.25, -0.2) is 13.8 Å². The van der Waals surface area contributed by atoms with Crippen LogP contribution in [0, 0.1) is 16.8 Å². The van der Waals surface area contributed by atoms with Gasteiger partial charge in [0, 0.05) is 49.3 Å². The number of nitrogens with one attached hydrogen (secondary N) is 1. The highest BCUT2D eigenvalue weighted by Crippen LogP contribution is 2.40. The van der Waals surface area contributed by atoms with Crippen LogP contribution in [0.15, 0.2) is 54.7 Å². The molecular formula is C24H18Cl2F2N4O. The summed E-state index contributed by atoms with van der Waals surface area (Å²) in [5, 5.41) is 17.4. The van der Waals surface area contributed by atoms with E-state index in [-0.39, 0.29) is 11.3 Å². The fraction of sp³-hybridized carbons (Fsp3) is 0.167. The van der Waals surface area contributed by atoms with Gasteiger partial charge in [-0.15, -0.1) is 0 Å². The molecule has 1 aliphatic rings. The molecule has 0 radical (unpaired) electrons. The summed E-state index contributed by atoms with van der Waals surface area (Å²) < 4.78 is 29.2. The Hall–Kier alpha value is -3.00. The monoisotopic (exact) mass is 486 g/mol. The summed E-state index contributed by atoms with van der Waals surface area (Å²) in [6.45, 7) is 2.91. The van der Waals surface area contributed by atoms with Crippen molar-refractivity contribution in [2.24, 2.45) is 0 Å². The summed E-state index contributed by atoms with van der Waals surface area (Å²) in [7, 11) is 0. The molecule has 0 bridgehead atoms. The molecule has 0 atom stereocenters. The van der Waals surface area contributed by atoms with Crippen molar-refractivity contribution in [1.82, 2.24) is 10.3 Å². The van der Waals surface area contributed by atoms with Gasteiger partial charge < -0.3 is 15.4 Å². The standard InChI is InChI=1S/C24H18Cl2F2N4O/c25-18-2-1-3-19(26)22(18)24-23-16(6-9-32(24)33)17(15-5-4-14(27)12-20(15)28)13-21(30-23)31-10-7-29-8-11-31/h1-6,9,12-13,29H,7-8,10-11H2. The molecule has 5 rings (SSSR count). The third-order valence-electron chi connectivity index (χ3n) is 5.73. The average Bonchev–Trinajstić information content (AvgIpc) is 2.80. The number of rotatable bonds is 3. The molecule has 0 amide bonds. The maximum atomic E-state index is 14.9. The minimum atomic E-state index is -0.704. The van der Waals surface area contributed by atoms with E-state index in [0.717, 1.165) is 19.2 Å². The van der Waals surface area contributed by atoms with Crippen molar-refractivity contribution >= 4 is 39.9 Å². The van der Waals surface area contributed by atoms with Crippen LogP contribution in [0.5, 0.6) is 0 Å². The summed E-state index contributed by atoms with van der Waals surface area (Å²) in [6, 6.07) is 11.8. The maximum Gasteiger partial charge on any atom is 0.253 e. The number of halogens is 4. The van der Waals surface area contributed by atoms with E-state index in [0.29, 0.717) is 55.7 Å². The fourth-order valence-electron chi connectivity index (χ4n) is 4.15. The molecule has 168 valence electrons. The molecule has 0 spiro atoms. The average molecular weight is 487 g/mol. The SMILES string of the molecule is [O-][n+]1ccc2c(-c3ccc(F)cc3F)cc(N3CCNCC3)nc2c1-c1c(Cl)cccc1Cl. The van der Waals surface area contributed by atoms with Crippen LogP contribution in [0.3, 0.4) is 0 Å². The molecule has 9 heteroatoms. The summed E-state index contributed by atoms with van der Waals surface area (Å²) in [6.07, 6.45) is 1.31. The lowest BCUT2D eigenvalue weighted by molar-refractivity contribution is -0.592. The quantitative estimate of drug-likeness (QED) is 0.319. The molecule has 33 heavy (non-hydrogen) atoms. The molecule has 1 aliphatic heterocycles. The van der Waals surface area contributed by atoms with E-state index < -0.39 is 11.6 Å². The molecule has 1 saturated heterocycles. The number of fused-ring (bicyclic) bond motifs is 1. The zero-order valence-electron chi connectivity index (χ0n) is 17.3. The highest BCUT2D eigenvalue weighted by Gasteiger charge is 2.26. The van der Waals surface area contributed by atoms with Gasteiger partial charge in [0.2, 0.25) is 0 Å². The van der Waals surface area contributed by atoms with Crippen molar-refractivity contribution in [1.29, 1.82) is 0 Å². The number of hydrogen-bond acceptors (Lipinski definition) is 4. The Labute approximate surface area is 198 Å². The highest BCUT2D eigenvalue weighted by molar-refractivity contribution is 6.39. The van der Waals surface area contributed by atoms with Crippen molar-refractivity contribution in [2.75, 3.05) is 31.1 Å². The van der Waals surface area contributed by atoms with E-state index in [1.165, 1.54) is 18.3 Å². The molecule has 4 aromatic rings. The number of aromatic nitrogens is 2. The lowest BCUT2D eigenvalue weighted by atomic mass is 9.98. The van der Waals surface area contributed by atoms with Crippen molar-refractivity contribution in [3.63, 3.8) is 0 Å². The number of benzene rings is 2. The normalized spacial score (nSPS) is 14.1. The predicted octanol–water partition coefficient (Wildman–Crippen LogP) is 5.20. The van der Waals surface area contributed by atoms with Crippen LogP contribution >= 0.6 is 23.2 Å². The van der Waals surface area contributed by atoms with E-state index >= 15 is 0 Å². The molecule has 0 unspecified atom stereocenters. The Bertz CT molecular complexity index is 1360.